The van der Waals surface area contributed by atoms with Crippen molar-refractivity contribution in [3.05, 3.63) is 169 Å². The number of rotatable bonds is 3. The van der Waals surface area contributed by atoms with Gasteiger partial charge in [0.05, 0.1) is 39.1 Å². The second-order valence-electron chi connectivity index (χ2n) is 14.3. The molecule has 7 aromatic carbocycles. The van der Waals surface area contributed by atoms with Crippen molar-refractivity contribution < 1.29 is 0 Å². The van der Waals surface area contributed by atoms with E-state index >= 15 is 0 Å². The first kappa shape index (κ1) is 28.8. The Balaban J connectivity index is 1.06. The highest BCUT2D eigenvalue weighted by Gasteiger charge is 2.23. The topological polar surface area (TPSA) is 34.8 Å². The van der Waals surface area contributed by atoms with Crippen molar-refractivity contribution in [3.8, 4) is 22.5 Å². The van der Waals surface area contributed by atoms with E-state index in [9.17, 15) is 0 Å². The number of hydrogen-bond donors (Lipinski definition) is 1. The predicted octanol–water partition coefficient (Wildman–Crippen LogP) is 12.3. The van der Waals surface area contributed by atoms with E-state index in [1.54, 1.807) is 0 Å². The van der Waals surface area contributed by atoms with Crippen LogP contribution in [0.5, 0.6) is 0 Å². The molecule has 4 nitrogen and oxygen atoms in total. The van der Waals surface area contributed by atoms with Gasteiger partial charge < -0.3 is 14.5 Å². The fraction of sp³-hybridized carbons (Fsp3) is 0.0408. The van der Waals surface area contributed by atoms with Gasteiger partial charge in [0.1, 0.15) is 0 Å². The summed E-state index contributed by atoms with van der Waals surface area (Å²) in [7, 11) is 0. The molecule has 0 saturated carbocycles. The molecule has 3 aromatic heterocycles. The van der Waals surface area contributed by atoms with E-state index in [1.165, 1.54) is 93.6 Å². The number of aromatic nitrogens is 3. The summed E-state index contributed by atoms with van der Waals surface area (Å²) >= 11 is 0. The minimum Gasteiger partial charge on any atom is -0.381 e. The van der Waals surface area contributed by atoms with Gasteiger partial charge in [-0.2, -0.15) is 0 Å². The quantitative estimate of drug-likeness (QED) is 0.189. The summed E-state index contributed by atoms with van der Waals surface area (Å²) in [6.45, 7) is 0.842. The zero-order valence-corrected chi connectivity index (χ0v) is 28.8. The lowest BCUT2D eigenvalue weighted by Crippen LogP contribution is -2.07. The average molecular weight is 677 g/mol. The Bertz CT molecular complexity index is 3260. The van der Waals surface area contributed by atoms with Gasteiger partial charge >= 0.3 is 0 Å². The molecule has 10 aromatic rings. The van der Waals surface area contributed by atoms with E-state index in [0.29, 0.717) is 0 Å². The van der Waals surface area contributed by atoms with Crippen LogP contribution in [-0.4, -0.2) is 20.7 Å². The lowest BCUT2D eigenvalue weighted by Gasteiger charge is -2.20. The number of allylic oxidation sites excluding steroid dienone is 1. The number of anilines is 1. The first-order chi connectivity index (χ1) is 26.3. The Hall–Kier alpha value is -6.91. The van der Waals surface area contributed by atoms with Crippen molar-refractivity contribution in [2.24, 2.45) is 0 Å². The van der Waals surface area contributed by atoms with Crippen LogP contribution in [0, 0.1) is 0 Å². The van der Waals surface area contributed by atoms with Gasteiger partial charge in [-0.05, 0) is 76.0 Å². The fourth-order valence-electron chi connectivity index (χ4n) is 9.23. The van der Waals surface area contributed by atoms with Crippen LogP contribution in [0.2, 0.25) is 0 Å². The summed E-state index contributed by atoms with van der Waals surface area (Å²) in [4.78, 5) is 4.87. The molecule has 0 unspecified atom stereocenters. The van der Waals surface area contributed by atoms with Gasteiger partial charge in [-0.25, -0.2) is 0 Å². The van der Waals surface area contributed by atoms with Gasteiger partial charge in [0.2, 0.25) is 0 Å². The van der Waals surface area contributed by atoms with Gasteiger partial charge in [0.15, 0.2) is 0 Å². The summed E-state index contributed by atoms with van der Waals surface area (Å²) in [6.07, 6.45) is 11.9. The molecule has 2 aliphatic rings. The number of nitrogens with zero attached hydrogens (tertiary/aromatic N) is 3. The molecule has 248 valence electrons. The number of pyridine rings is 1. The Morgan fingerprint density at radius 1 is 0.528 bits per heavy atom. The number of benzene rings is 7. The summed E-state index contributed by atoms with van der Waals surface area (Å²) in [5.74, 6) is 0. The summed E-state index contributed by atoms with van der Waals surface area (Å²) in [5, 5.41) is 13.5. The maximum atomic E-state index is 4.87. The van der Waals surface area contributed by atoms with Crippen molar-refractivity contribution in [3.63, 3.8) is 0 Å². The van der Waals surface area contributed by atoms with Gasteiger partial charge in [-0.3, -0.25) is 4.98 Å². The number of para-hydroxylation sites is 1. The van der Waals surface area contributed by atoms with Gasteiger partial charge in [0, 0.05) is 62.7 Å². The minimum absolute atomic E-state index is 0.842. The second-order valence-corrected chi connectivity index (χ2v) is 14.3. The van der Waals surface area contributed by atoms with Crippen molar-refractivity contribution in [1.82, 2.24) is 14.1 Å². The van der Waals surface area contributed by atoms with E-state index in [4.69, 9.17) is 4.98 Å². The number of hydrogen-bond acceptors (Lipinski definition) is 2. The van der Waals surface area contributed by atoms with E-state index in [1.807, 2.05) is 12.3 Å². The van der Waals surface area contributed by atoms with Gasteiger partial charge in [0.25, 0.3) is 0 Å². The Morgan fingerprint density at radius 2 is 1.25 bits per heavy atom. The molecule has 0 radical (unpaired) electrons. The highest BCUT2D eigenvalue weighted by atomic mass is 15.0. The molecule has 12 rings (SSSR count). The Morgan fingerprint density at radius 3 is 2.13 bits per heavy atom. The van der Waals surface area contributed by atoms with E-state index < -0.39 is 0 Å². The maximum Gasteiger partial charge on any atom is 0.0801 e. The van der Waals surface area contributed by atoms with E-state index in [0.717, 1.165) is 29.6 Å². The standard InChI is InChI=1S/C49H32N4/c1-2-14-40-36(12-1)38-28-34(22-24-42(38)52(40)44-16-3-8-30-18-20-32-10-6-26-50-48(32)46(30)44)35-23-25-43-39(29-35)37-13-5-15-41(37)53(43)45-17-4-9-31-19-21-33-11-7-27-51-49(33)47(31)45/h1-14,16-26,28-29,51H,15,27H2. The second kappa shape index (κ2) is 10.8. The van der Waals surface area contributed by atoms with Crippen LogP contribution in [0.1, 0.15) is 16.8 Å². The molecule has 0 bridgehead atoms. The first-order valence-corrected chi connectivity index (χ1v) is 18.4. The van der Waals surface area contributed by atoms with Crippen molar-refractivity contribution in [2.75, 3.05) is 11.9 Å². The molecular weight excluding hydrogens is 645 g/mol. The molecule has 0 atom stereocenters. The Labute approximate surface area is 305 Å². The zero-order chi connectivity index (χ0) is 34.6. The third-order valence-corrected chi connectivity index (χ3v) is 11.5. The lowest BCUT2D eigenvalue weighted by molar-refractivity contribution is 1.02. The average Bonchev–Trinajstić information content (AvgIpc) is 3.91. The van der Waals surface area contributed by atoms with Crippen molar-refractivity contribution >= 4 is 83.0 Å². The molecule has 4 heteroatoms. The molecule has 1 aliphatic carbocycles. The Kier molecular flexibility index (Phi) is 5.86. The fourth-order valence-corrected chi connectivity index (χ4v) is 9.23. The molecule has 0 saturated heterocycles. The third kappa shape index (κ3) is 4.03. The summed E-state index contributed by atoms with van der Waals surface area (Å²) < 4.78 is 4.94. The smallest absolute Gasteiger partial charge is 0.0801 e. The van der Waals surface area contributed by atoms with Crippen molar-refractivity contribution in [2.45, 2.75) is 6.42 Å². The van der Waals surface area contributed by atoms with E-state index in [-0.39, 0.29) is 0 Å². The van der Waals surface area contributed by atoms with Crippen molar-refractivity contribution in [1.29, 1.82) is 0 Å². The number of nitrogens with one attached hydrogen (secondary N) is 1. The summed E-state index contributed by atoms with van der Waals surface area (Å²) in [5.41, 5.74) is 14.6. The van der Waals surface area contributed by atoms with Crippen LogP contribution in [0.3, 0.4) is 0 Å². The van der Waals surface area contributed by atoms with Crippen LogP contribution >= 0.6 is 0 Å². The van der Waals surface area contributed by atoms with Crippen LogP contribution in [0.4, 0.5) is 5.69 Å². The molecule has 4 heterocycles. The molecule has 1 aliphatic heterocycles. The summed E-state index contributed by atoms with van der Waals surface area (Å²) in [6, 6.07) is 49.2. The van der Waals surface area contributed by atoms with Crippen LogP contribution < -0.4 is 5.32 Å². The van der Waals surface area contributed by atoms with Gasteiger partial charge in [-0.1, -0.05) is 109 Å². The molecule has 0 fully saturated rings. The van der Waals surface area contributed by atoms with Crippen LogP contribution in [0.25, 0.3) is 99.8 Å². The molecule has 0 spiro atoms. The van der Waals surface area contributed by atoms with E-state index in [2.05, 4.69) is 166 Å². The highest BCUT2D eigenvalue weighted by molar-refractivity contribution is 6.15. The molecular formula is C49H32N4. The third-order valence-electron chi connectivity index (χ3n) is 11.5. The minimum atomic E-state index is 0.842. The van der Waals surface area contributed by atoms with Gasteiger partial charge in [-0.15, -0.1) is 0 Å². The first-order valence-electron chi connectivity index (χ1n) is 18.4. The predicted molar refractivity (Wildman–Crippen MR) is 224 cm³/mol. The molecule has 1 N–H and O–H groups in total. The SMILES string of the molecule is C1=Cc2ccc3cccc(-n4c5c(c6cc(-c7ccc8c(c7)c7ccccc7n8-c7cccc8ccc9cccnc9c78)ccc64)C=CC5)c3c2NC1. The zero-order valence-electron chi connectivity index (χ0n) is 28.8. The van der Waals surface area contributed by atoms with Crippen LogP contribution in [0.15, 0.2) is 152 Å². The monoisotopic (exact) mass is 676 g/mol. The lowest BCUT2D eigenvalue weighted by atomic mass is 9.99. The number of fused-ring (bicyclic) bond motifs is 12. The van der Waals surface area contributed by atoms with Crippen LogP contribution in [-0.2, 0) is 6.42 Å². The maximum absolute atomic E-state index is 4.87. The molecule has 0 amide bonds. The normalized spacial score (nSPS) is 13.5. The largest absolute Gasteiger partial charge is 0.381 e. The highest BCUT2D eigenvalue weighted by Crippen LogP contribution is 2.43. The molecule has 53 heavy (non-hydrogen) atoms.